The van der Waals surface area contributed by atoms with Gasteiger partial charge in [-0.1, -0.05) is 22.0 Å². The van der Waals surface area contributed by atoms with Gasteiger partial charge in [0.05, 0.1) is 6.07 Å². The summed E-state index contributed by atoms with van der Waals surface area (Å²) in [6.07, 6.45) is 0. The van der Waals surface area contributed by atoms with Gasteiger partial charge in [0, 0.05) is 16.6 Å². The number of nitriles is 1. The van der Waals surface area contributed by atoms with Crippen molar-refractivity contribution in [1.82, 2.24) is 4.90 Å². The average molecular weight is 281 g/mol. The quantitative estimate of drug-likeness (QED) is 0.799. The van der Waals surface area contributed by atoms with Gasteiger partial charge < -0.3 is 4.90 Å². The Balaban J connectivity index is 3.03. The fourth-order valence-corrected chi connectivity index (χ4v) is 1.77. The summed E-state index contributed by atoms with van der Waals surface area (Å²) in [5.41, 5.74) is 1.57. The second-order valence-corrected chi connectivity index (χ2v) is 4.35. The molecular formula is C12H13BrN2O. The summed E-state index contributed by atoms with van der Waals surface area (Å²) in [4.78, 5) is 13.6. The molecule has 1 aromatic rings. The first-order valence-electron chi connectivity index (χ1n) is 5.02. The van der Waals surface area contributed by atoms with Gasteiger partial charge in [-0.3, -0.25) is 4.79 Å². The van der Waals surface area contributed by atoms with Crippen LogP contribution in [0.1, 0.15) is 22.8 Å². The van der Waals surface area contributed by atoms with Crippen molar-refractivity contribution in [2.24, 2.45) is 0 Å². The molecule has 0 fully saturated rings. The summed E-state index contributed by atoms with van der Waals surface area (Å²) in [7, 11) is 0. The normalized spacial score (nSPS) is 9.62. The van der Waals surface area contributed by atoms with Gasteiger partial charge in [0.1, 0.15) is 6.54 Å². The summed E-state index contributed by atoms with van der Waals surface area (Å²) in [5, 5.41) is 8.63. The highest BCUT2D eigenvalue weighted by Gasteiger charge is 2.15. The highest BCUT2D eigenvalue weighted by Crippen LogP contribution is 2.17. The Bertz CT molecular complexity index is 437. The minimum Gasteiger partial charge on any atom is -0.326 e. The Morgan fingerprint density at radius 3 is 2.81 bits per heavy atom. The molecule has 1 rings (SSSR count). The van der Waals surface area contributed by atoms with Crippen molar-refractivity contribution in [2.45, 2.75) is 13.8 Å². The van der Waals surface area contributed by atoms with E-state index in [0.717, 1.165) is 10.0 Å². The molecular weight excluding hydrogens is 268 g/mol. The number of carbonyl (C=O) groups is 1. The number of rotatable bonds is 3. The zero-order valence-corrected chi connectivity index (χ0v) is 10.9. The third kappa shape index (κ3) is 2.83. The summed E-state index contributed by atoms with van der Waals surface area (Å²) < 4.78 is 0.870. The number of hydrogen-bond donors (Lipinski definition) is 0. The van der Waals surface area contributed by atoms with E-state index < -0.39 is 0 Å². The third-order valence-corrected chi connectivity index (χ3v) is 2.85. The van der Waals surface area contributed by atoms with Crippen LogP contribution in [0.2, 0.25) is 0 Å². The number of halogens is 1. The average Bonchev–Trinajstić information content (AvgIpc) is 2.28. The minimum atomic E-state index is -0.0946. The molecule has 1 amide bonds. The molecule has 0 radical (unpaired) electrons. The first kappa shape index (κ1) is 12.7. The van der Waals surface area contributed by atoms with E-state index in [1.165, 1.54) is 4.90 Å². The standard InChI is InChI=1S/C12H13BrN2O/c1-3-15(7-6-14)12(16)11-8-10(13)5-4-9(11)2/h4-5,8H,3,7H2,1-2H3. The van der Waals surface area contributed by atoms with Gasteiger partial charge >= 0.3 is 0 Å². The van der Waals surface area contributed by atoms with Crippen molar-refractivity contribution < 1.29 is 4.79 Å². The van der Waals surface area contributed by atoms with Crippen molar-refractivity contribution in [2.75, 3.05) is 13.1 Å². The highest BCUT2D eigenvalue weighted by molar-refractivity contribution is 9.10. The fourth-order valence-electron chi connectivity index (χ4n) is 1.41. The molecule has 3 nitrogen and oxygen atoms in total. The summed E-state index contributed by atoms with van der Waals surface area (Å²) >= 11 is 3.34. The zero-order chi connectivity index (χ0) is 12.1. The molecule has 4 heteroatoms. The van der Waals surface area contributed by atoms with Crippen LogP contribution in [0.25, 0.3) is 0 Å². The van der Waals surface area contributed by atoms with Crippen molar-refractivity contribution >= 4 is 21.8 Å². The molecule has 16 heavy (non-hydrogen) atoms. The lowest BCUT2D eigenvalue weighted by atomic mass is 10.1. The van der Waals surface area contributed by atoms with Crippen molar-refractivity contribution in [3.8, 4) is 6.07 Å². The predicted octanol–water partition coefficient (Wildman–Crippen LogP) is 2.74. The molecule has 1 aromatic carbocycles. The van der Waals surface area contributed by atoms with Crippen LogP contribution in [-0.2, 0) is 0 Å². The van der Waals surface area contributed by atoms with Crippen LogP contribution in [0.5, 0.6) is 0 Å². The predicted molar refractivity (Wildman–Crippen MR) is 66.1 cm³/mol. The van der Waals surface area contributed by atoms with E-state index in [0.29, 0.717) is 12.1 Å². The van der Waals surface area contributed by atoms with Crippen LogP contribution in [0.15, 0.2) is 22.7 Å². The zero-order valence-electron chi connectivity index (χ0n) is 9.33. The van der Waals surface area contributed by atoms with Gasteiger partial charge in [-0.25, -0.2) is 0 Å². The Morgan fingerprint density at radius 1 is 1.56 bits per heavy atom. The molecule has 0 N–H and O–H groups in total. The van der Waals surface area contributed by atoms with E-state index in [4.69, 9.17) is 5.26 Å². The van der Waals surface area contributed by atoms with E-state index >= 15 is 0 Å². The number of carbonyl (C=O) groups excluding carboxylic acids is 1. The number of hydrogen-bond acceptors (Lipinski definition) is 2. The Hall–Kier alpha value is -1.34. The molecule has 0 heterocycles. The second kappa shape index (κ2) is 5.66. The van der Waals surface area contributed by atoms with E-state index in [1.807, 2.05) is 32.0 Å². The van der Waals surface area contributed by atoms with Crippen molar-refractivity contribution in [3.05, 3.63) is 33.8 Å². The van der Waals surface area contributed by atoms with Gasteiger partial charge in [-0.15, -0.1) is 0 Å². The Kier molecular flexibility index (Phi) is 4.51. The smallest absolute Gasteiger partial charge is 0.255 e. The molecule has 0 atom stereocenters. The maximum atomic E-state index is 12.1. The summed E-state index contributed by atoms with van der Waals surface area (Å²) in [6, 6.07) is 7.57. The van der Waals surface area contributed by atoms with Crippen LogP contribution < -0.4 is 0 Å². The lowest BCUT2D eigenvalue weighted by Crippen LogP contribution is -2.31. The first-order valence-corrected chi connectivity index (χ1v) is 5.81. The SMILES string of the molecule is CCN(CC#N)C(=O)c1cc(Br)ccc1C. The lowest BCUT2D eigenvalue weighted by Gasteiger charge is -2.18. The molecule has 0 unspecified atom stereocenters. The van der Waals surface area contributed by atoms with Gasteiger partial charge in [-0.05, 0) is 31.5 Å². The molecule has 0 aliphatic rings. The third-order valence-electron chi connectivity index (χ3n) is 2.36. The number of aryl methyl sites for hydroxylation is 1. The number of amides is 1. The topological polar surface area (TPSA) is 44.1 Å². The lowest BCUT2D eigenvalue weighted by molar-refractivity contribution is 0.0783. The van der Waals surface area contributed by atoms with Gasteiger partial charge in [0.15, 0.2) is 0 Å². The molecule has 0 aromatic heterocycles. The minimum absolute atomic E-state index is 0.0946. The maximum Gasteiger partial charge on any atom is 0.255 e. The Labute approximate surface area is 104 Å². The van der Waals surface area contributed by atoms with Crippen LogP contribution >= 0.6 is 15.9 Å². The largest absolute Gasteiger partial charge is 0.326 e. The fraction of sp³-hybridized carbons (Fsp3) is 0.333. The van der Waals surface area contributed by atoms with E-state index in [-0.39, 0.29) is 12.5 Å². The van der Waals surface area contributed by atoms with E-state index in [2.05, 4.69) is 15.9 Å². The molecule has 0 bridgehead atoms. The molecule has 0 saturated carbocycles. The van der Waals surface area contributed by atoms with Crippen LogP contribution in [0, 0.1) is 18.3 Å². The highest BCUT2D eigenvalue weighted by atomic mass is 79.9. The number of benzene rings is 1. The van der Waals surface area contributed by atoms with Crippen LogP contribution in [0.4, 0.5) is 0 Å². The van der Waals surface area contributed by atoms with Crippen molar-refractivity contribution in [3.63, 3.8) is 0 Å². The maximum absolute atomic E-state index is 12.1. The van der Waals surface area contributed by atoms with E-state index in [1.54, 1.807) is 6.07 Å². The van der Waals surface area contributed by atoms with E-state index in [9.17, 15) is 4.79 Å². The van der Waals surface area contributed by atoms with Crippen LogP contribution in [-0.4, -0.2) is 23.9 Å². The van der Waals surface area contributed by atoms with Crippen molar-refractivity contribution in [1.29, 1.82) is 5.26 Å². The monoisotopic (exact) mass is 280 g/mol. The molecule has 0 saturated heterocycles. The second-order valence-electron chi connectivity index (χ2n) is 3.44. The van der Waals surface area contributed by atoms with Gasteiger partial charge in [-0.2, -0.15) is 5.26 Å². The van der Waals surface area contributed by atoms with Crippen LogP contribution in [0.3, 0.4) is 0 Å². The Morgan fingerprint density at radius 2 is 2.25 bits per heavy atom. The molecule has 0 aliphatic carbocycles. The van der Waals surface area contributed by atoms with Gasteiger partial charge in [0.2, 0.25) is 0 Å². The molecule has 84 valence electrons. The van der Waals surface area contributed by atoms with Gasteiger partial charge in [0.25, 0.3) is 5.91 Å². The first-order chi connectivity index (χ1) is 7.60. The molecule has 0 aliphatic heterocycles. The number of nitrogens with zero attached hydrogens (tertiary/aromatic N) is 2. The summed E-state index contributed by atoms with van der Waals surface area (Å²) in [6.45, 7) is 4.42. The molecule has 0 spiro atoms. The summed E-state index contributed by atoms with van der Waals surface area (Å²) in [5.74, 6) is -0.0946.